The fourth-order valence-electron chi connectivity index (χ4n) is 5.28. The Morgan fingerprint density at radius 2 is 2.03 bits per heavy atom. The van der Waals surface area contributed by atoms with E-state index in [1.807, 2.05) is 28.8 Å². The van der Waals surface area contributed by atoms with Crippen molar-refractivity contribution < 1.29 is 22.6 Å². The van der Waals surface area contributed by atoms with Crippen LogP contribution in [0.15, 0.2) is 30.6 Å². The van der Waals surface area contributed by atoms with E-state index in [0.29, 0.717) is 19.6 Å². The van der Waals surface area contributed by atoms with E-state index in [2.05, 4.69) is 25.5 Å². The summed E-state index contributed by atoms with van der Waals surface area (Å²) in [6.45, 7) is 1.05. The number of nitrogens with zero attached hydrogens (tertiary/aromatic N) is 5. The highest BCUT2D eigenvalue weighted by Crippen LogP contribution is 2.49. The van der Waals surface area contributed by atoms with E-state index in [1.165, 1.54) is 0 Å². The first-order valence-electron chi connectivity index (χ1n) is 11.7. The molecule has 3 aromatic rings. The molecule has 3 fully saturated rings. The Kier molecular flexibility index (Phi) is 5.12. The van der Waals surface area contributed by atoms with Gasteiger partial charge in [-0.1, -0.05) is 12.5 Å². The van der Waals surface area contributed by atoms with Crippen molar-refractivity contribution in [3.8, 4) is 5.88 Å². The van der Waals surface area contributed by atoms with Crippen molar-refractivity contribution in [2.24, 2.45) is 5.41 Å². The molecule has 0 radical (unpaired) electrons. The fraction of sp³-hybridized carbons (Fsp3) is 0.565. The van der Waals surface area contributed by atoms with Gasteiger partial charge >= 0.3 is 6.18 Å². The molecular formula is C23H25F3N6O2. The molecule has 6 rings (SSSR count). The number of fused-ring (bicyclic) bond motifs is 1. The number of hydrogen-bond donors (Lipinski definition) is 1. The first-order valence-corrected chi connectivity index (χ1v) is 11.7. The predicted octanol–water partition coefficient (Wildman–Crippen LogP) is 4.23. The Labute approximate surface area is 193 Å². The van der Waals surface area contributed by atoms with Gasteiger partial charge in [0.1, 0.15) is 17.5 Å². The number of anilines is 1. The number of rotatable bonds is 5. The highest BCUT2D eigenvalue weighted by molar-refractivity contribution is 5.39. The first kappa shape index (κ1) is 21.6. The Hall–Kier alpha value is -2.95. The number of pyridine rings is 1. The van der Waals surface area contributed by atoms with Crippen LogP contribution in [0.3, 0.4) is 0 Å². The Balaban J connectivity index is 1.20. The van der Waals surface area contributed by atoms with Gasteiger partial charge in [0, 0.05) is 24.4 Å². The van der Waals surface area contributed by atoms with E-state index < -0.39 is 17.6 Å². The van der Waals surface area contributed by atoms with Gasteiger partial charge in [-0.3, -0.25) is 4.40 Å². The minimum absolute atomic E-state index is 0.00877. The molecular weight excluding hydrogens is 449 g/mol. The summed E-state index contributed by atoms with van der Waals surface area (Å²) in [5.41, 5.74) is -0.318. The first-order chi connectivity index (χ1) is 16.4. The van der Waals surface area contributed by atoms with Crippen LogP contribution in [0.5, 0.6) is 5.88 Å². The summed E-state index contributed by atoms with van der Waals surface area (Å²) in [5.74, 6) is 0.828. The Morgan fingerprint density at radius 3 is 2.76 bits per heavy atom. The molecule has 4 heterocycles. The van der Waals surface area contributed by atoms with Gasteiger partial charge in [0.05, 0.1) is 18.6 Å². The molecule has 1 spiro atoms. The van der Waals surface area contributed by atoms with Crippen LogP contribution >= 0.6 is 0 Å². The third-order valence-corrected chi connectivity index (χ3v) is 7.39. The summed E-state index contributed by atoms with van der Waals surface area (Å²) < 4.78 is 53.9. The number of alkyl halides is 3. The van der Waals surface area contributed by atoms with Crippen LogP contribution in [0.2, 0.25) is 0 Å². The van der Waals surface area contributed by atoms with Gasteiger partial charge in [0.15, 0.2) is 5.65 Å². The topological polar surface area (TPSA) is 86.5 Å². The summed E-state index contributed by atoms with van der Waals surface area (Å²) in [6, 6.07) is 5.78. The van der Waals surface area contributed by atoms with E-state index in [9.17, 15) is 13.2 Å². The zero-order valence-corrected chi connectivity index (χ0v) is 18.5. The summed E-state index contributed by atoms with van der Waals surface area (Å²) in [6.07, 6.45) is 3.03. The molecule has 3 aromatic heterocycles. The van der Waals surface area contributed by atoms with E-state index in [0.717, 1.165) is 49.8 Å². The van der Waals surface area contributed by atoms with Crippen molar-refractivity contribution in [2.75, 3.05) is 18.5 Å². The van der Waals surface area contributed by atoms with E-state index in [1.54, 1.807) is 0 Å². The highest BCUT2D eigenvalue weighted by atomic mass is 19.4. The molecule has 3 atom stereocenters. The molecule has 11 heteroatoms. The maximum absolute atomic E-state index is 13.6. The van der Waals surface area contributed by atoms with Crippen LogP contribution in [0.25, 0.3) is 5.65 Å². The molecule has 2 aliphatic carbocycles. The minimum Gasteiger partial charge on any atom is -0.473 e. The van der Waals surface area contributed by atoms with Crippen molar-refractivity contribution in [1.29, 1.82) is 0 Å². The van der Waals surface area contributed by atoms with Crippen LogP contribution in [0.4, 0.5) is 19.1 Å². The third-order valence-electron chi connectivity index (χ3n) is 7.39. The SMILES string of the molecule is FC(F)(F)c1cnc(N[C@@H]2CCC[C@H](c3nnc4ccccn34)C2)nc1O[C@@H]1CCC12COC2. The maximum Gasteiger partial charge on any atom is 0.423 e. The zero-order chi connectivity index (χ0) is 23.3. The summed E-state index contributed by atoms with van der Waals surface area (Å²) >= 11 is 0. The number of halogens is 3. The second-order valence-electron chi connectivity index (χ2n) is 9.60. The van der Waals surface area contributed by atoms with Crippen LogP contribution < -0.4 is 10.1 Å². The van der Waals surface area contributed by atoms with Crippen LogP contribution in [0, 0.1) is 5.41 Å². The second kappa shape index (κ2) is 8.07. The minimum atomic E-state index is -4.59. The lowest BCUT2D eigenvalue weighted by Gasteiger charge is -2.54. The monoisotopic (exact) mass is 474 g/mol. The number of nitrogens with one attached hydrogen (secondary N) is 1. The maximum atomic E-state index is 13.6. The third kappa shape index (κ3) is 3.75. The largest absolute Gasteiger partial charge is 0.473 e. The predicted molar refractivity (Wildman–Crippen MR) is 116 cm³/mol. The van der Waals surface area contributed by atoms with Crippen molar-refractivity contribution in [2.45, 2.75) is 62.8 Å². The van der Waals surface area contributed by atoms with Gasteiger partial charge in [-0.05, 0) is 44.2 Å². The number of hydrogen-bond acceptors (Lipinski definition) is 7. The molecule has 1 saturated heterocycles. The highest BCUT2D eigenvalue weighted by Gasteiger charge is 2.55. The number of aromatic nitrogens is 5. The van der Waals surface area contributed by atoms with Gasteiger partial charge in [-0.15, -0.1) is 10.2 Å². The molecule has 0 unspecified atom stereocenters. The molecule has 2 saturated carbocycles. The lowest BCUT2D eigenvalue weighted by Crippen LogP contribution is -2.60. The van der Waals surface area contributed by atoms with Crippen molar-refractivity contribution in [3.63, 3.8) is 0 Å². The van der Waals surface area contributed by atoms with Crippen LogP contribution in [0.1, 0.15) is 55.8 Å². The van der Waals surface area contributed by atoms with E-state index in [4.69, 9.17) is 9.47 Å². The molecule has 3 aliphatic rings. The number of ether oxygens (including phenoxy) is 2. The van der Waals surface area contributed by atoms with Gasteiger partial charge in [-0.2, -0.15) is 18.2 Å². The van der Waals surface area contributed by atoms with Gasteiger partial charge in [-0.25, -0.2) is 4.98 Å². The van der Waals surface area contributed by atoms with Gasteiger partial charge < -0.3 is 14.8 Å². The molecule has 180 valence electrons. The standard InChI is InChI=1S/C23H25F3N6O2/c24-23(25,26)16-11-27-21(29-20(16)34-17-7-8-22(17)12-33-13-22)28-15-5-3-4-14(10-15)19-31-30-18-6-1-2-9-32(18)19/h1-2,6,9,11,14-15,17H,3-5,7-8,10,12-13H2,(H,27,28,29)/t14-,15+,17+/m0/s1. The normalized spacial score (nSPS) is 26.1. The lowest BCUT2D eigenvalue weighted by molar-refractivity contribution is -0.215. The zero-order valence-electron chi connectivity index (χ0n) is 18.5. The molecule has 0 amide bonds. The second-order valence-corrected chi connectivity index (χ2v) is 9.60. The quantitative estimate of drug-likeness (QED) is 0.592. The Morgan fingerprint density at radius 1 is 1.15 bits per heavy atom. The van der Waals surface area contributed by atoms with Crippen LogP contribution in [-0.4, -0.2) is 49.9 Å². The summed E-state index contributed by atoms with van der Waals surface area (Å²) in [7, 11) is 0. The summed E-state index contributed by atoms with van der Waals surface area (Å²) in [4.78, 5) is 8.16. The molecule has 1 aliphatic heterocycles. The van der Waals surface area contributed by atoms with Crippen molar-refractivity contribution >= 4 is 11.6 Å². The van der Waals surface area contributed by atoms with Crippen molar-refractivity contribution in [1.82, 2.24) is 24.6 Å². The van der Waals surface area contributed by atoms with E-state index >= 15 is 0 Å². The molecule has 1 N–H and O–H groups in total. The average molecular weight is 474 g/mol. The van der Waals surface area contributed by atoms with Crippen LogP contribution in [-0.2, 0) is 10.9 Å². The van der Waals surface area contributed by atoms with Gasteiger partial charge in [0.25, 0.3) is 0 Å². The van der Waals surface area contributed by atoms with Gasteiger partial charge in [0.2, 0.25) is 11.8 Å². The fourth-order valence-corrected chi connectivity index (χ4v) is 5.28. The Bertz CT molecular complexity index is 1190. The average Bonchev–Trinajstić information content (AvgIpc) is 3.19. The molecule has 34 heavy (non-hydrogen) atoms. The molecule has 0 bridgehead atoms. The van der Waals surface area contributed by atoms with Crippen molar-refractivity contribution in [3.05, 3.63) is 42.0 Å². The van der Waals surface area contributed by atoms with E-state index in [-0.39, 0.29) is 29.4 Å². The summed E-state index contributed by atoms with van der Waals surface area (Å²) in [5, 5.41) is 11.9. The smallest absolute Gasteiger partial charge is 0.423 e. The molecule has 0 aromatic carbocycles. The lowest BCUT2D eigenvalue weighted by atomic mass is 9.64. The molecule has 8 nitrogen and oxygen atoms in total.